The highest BCUT2D eigenvalue weighted by atomic mass is 16.5. The predicted molar refractivity (Wildman–Crippen MR) is 75.3 cm³/mol. The van der Waals surface area contributed by atoms with Gasteiger partial charge in [-0.05, 0) is 18.9 Å². The molecule has 0 spiro atoms. The van der Waals surface area contributed by atoms with Gasteiger partial charge in [0.25, 0.3) is 0 Å². The fourth-order valence-electron chi connectivity index (χ4n) is 1.53. The molecule has 0 atom stereocenters. The van der Waals surface area contributed by atoms with Gasteiger partial charge in [-0.25, -0.2) is 5.43 Å². The third kappa shape index (κ3) is 5.96. The summed E-state index contributed by atoms with van der Waals surface area (Å²) < 4.78 is 0. The van der Waals surface area contributed by atoms with Gasteiger partial charge in [0.05, 0.1) is 11.9 Å². The molecule has 7 nitrogen and oxygen atoms in total. The Morgan fingerprint density at radius 2 is 1.95 bits per heavy atom. The number of hydrogen-bond donors (Lipinski definition) is 4. The van der Waals surface area contributed by atoms with Crippen LogP contribution in [0.1, 0.15) is 31.2 Å². The van der Waals surface area contributed by atoms with Gasteiger partial charge < -0.3 is 5.73 Å². The predicted octanol–water partition coefficient (Wildman–Crippen LogP) is 0.983. The lowest BCUT2D eigenvalue weighted by Gasteiger charge is -2.03. The number of carbonyl (C=O) groups excluding carboxylic acids is 2. The van der Waals surface area contributed by atoms with Crippen LogP contribution in [-0.4, -0.2) is 23.2 Å². The molecule has 1 rings (SSSR count). The highest BCUT2D eigenvalue weighted by Gasteiger charge is 2.01. The van der Waals surface area contributed by atoms with Gasteiger partial charge >= 0.3 is 0 Å². The van der Waals surface area contributed by atoms with Crippen molar-refractivity contribution in [3.8, 4) is 0 Å². The van der Waals surface area contributed by atoms with Crippen LogP contribution in [0, 0.1) is 0 Å². The molecule has 1 aromatic rings. The topological polar surface area (TPSA) is 117 Å². The Kier molecular flexibility index (Phi) is 6.77. The van der Waals surface area contributed by atoms with Gasteiger partial charge in [0.15, 0.2) is 0 Å². The normalized spacial score (nSPS) is 10.4. The molecule has 0 unspecified atom stereocenters. The molecule has 0 aliphatic rings. The number of nitrogens with zero attached hydrogens (tertiary/aromatic N) is 1. The van der Waals surface area contributed by atoms with E-state index in [1.807, 2.05) is 5.48 Å². The lowest BCUT2D eigenvalue weighted by atomic mass is 10.2. The van der Waals surface area contributed by atoms with Gasteiger partial charge in [-0.3, -0.25) is 20.3 Å². The second kappa shape index (κ2) is 8.65. The smallest absolute Gasteiger partial charge is 0.240 e. The van der Waals surface area contributed by atoms with Crippen LogP contribution in [0.25, 0.3) is 0 Å². The Balaban J connectivity index is 2.33. The van der Waals surface area contributed by atoms with Gasteiger partial charge in [-0.1, -0.05) is 18.2 Å². The van der Waals surface area contributed by atoms with E-state index in [9.17, 15) is 9.59 Å². The number of benzene rings is 1. The minimum absolute atomic E-state index is 0.236. The van der Waals surface area contributed by atoms with E-state index in [4.69, 9.17) is 10.9 Å². The number of para-hydroxylation sites is 1. The lowest BCUT2D eigenvalue weighted by Crippen LogP contribution is -2.17. The molecule has 0 saturated heterocycles. The molecule has 0 aliphatic carbocycles. The zero-order chi connectivity index (χ0) is 14.8. The molecule has 0 saturated carbocycles. The van der Waals surface area contributed by atoms with Gasteiger partial charge in [-0.2, -0.15) is 5.10 Å². The summed E-state index contributed by atoms with van der Waals surface area (Å²) in [5, 5.41) is 12.7. The summed E-state index contributed by atoms with van der Waals surface area (Å²) in [5.41, 5.74) is 10.5. The van der Waals surface area contributed by atoms with E-state index in [-0.39, 0.29) is 24.7 Å². The molecule has 1 aromatic carbocycles. The summed E-state index contributed by atoms with van der Waals surface area (Å²) in [5.74, 6) is -0.600. The van der Waals surface area contributed by atoms with E-state index in [1.54, 1.807) is 24.3 Å². The van der Waals surface area contributed by atoms with E-state index in [1.165, 1.54) is 6.21 Å². The SMILES string of the molecule is NC(=O)CCCCC(=O)N/N=C/c1ccccc1NO. The van der Waals surface area contributed by atoms with Gasteiger partial charge in [-0.15, -0.1) is 0 Å². The molecule has 0 heterocycles. The minimum Gasteiger partial charge on any atom is -0.370 e. The zero-order valence-corrected chi connectivity index (χ0v) is 11.0. The van der Waals surface area contributed by atoms with Crippen molar-refractivity contribution in [2.45, 2.75) is 25.7 Å². The summed E-state index contributed by atoms with van der Waals surface area (Å²) in [6.45, 7) is 0. The first-order chi connectivity index (χ1) is 9.63. The molecule has 2 amide bonds. The second-order valence-electron chi connectivity index (χ2n) is 4.17. The van der Waals surface area contributed by atoms with Gasteiger partial charge in [0.1, 0.15) is 0 Å². The number of hydrazone groups is 1. The van der Waals surface area contributed by atoms with E-state index >= 15 is 0 Å². The van der Waals surface area contributed by atoms with Crippen molar-refractivity contribution < 1.29 is 14.8 Å². The number of rotatable bonds is 8. The first-order valence-electron chi connectivity index (χ1n) is 6.23. The Morgan fingerprint density at radius 1 is 1.25 bits per heavy atom. The largest absolute Gasteiger partial charge is 0.370 e. The number of unbranched alkanes of at least 4 members (excludes halogenated alkanes) is 1. The van der Waals surface area contributed by atoms with Crippen molar-refractivity contribution in [1.29, 1.82) is 0 Å². The Bertz CT molecular complexity index is 488. The molecule has 108 valence electrons. The Labute approximate surface area is 116 Å². The van der Waals surface area contributed by atoms with Crippen LogP contribution in [0.5, 0.6) is 0 Å². The summed E-state index contributed by atoms with van der Waals surface area (Å²) in [6, 6.07) is 6.95. The quantitative estimate of drug-likeness (QED) is 0.322. The van der Waals surface area contributed by atoms with Crippen molar-refractivity contribution in [2.24, 2.45) is 10.8 Å². The number of hydrogen-bond acceptors (Lipinski definition) is 5. The van der Waals surface area contributed by atoms with Crippen LogP contribution in [0.3, 0.4) is 0 Å². The number of nitrogens with one attached hydrogen (secondary N) is 2. The second-order valence-corrected chi connectivity index (χ2v) is 4.17. The number of carbonyl (C=O) groups is 2. The van der Waals surface area contributed by atoms with Gasteiger partial charge in [0, 0.05) is 18.4 Å². The molecule has 7 heteroatoms. The van der Waals surface area contributed by atoms with Crippen LogP contribution in [-0.2, 0) is 9.59 Å². The van der Waals surface area contributed by atoms with E-state index in [0.717, 1.165) is 0 Å². The molecule has 5 N–H and O–H groups in total. The first-order valence-corrected chi connectivity index (χ1v) is 6.23. The third-order valence-corrected chi connectivity index (χ3v) is 2.55. The average Bonchev–Trinajstić information content (AvgIpc) is 2.44. The highest BCUT2D eigenvalue weighted by Crippen LogP contribution is 2.10. The fourth-order valence-corrected chi connectivity index (χ4v) is 1.53. The summed E-state index contributed by atoms with van der Waals surface area (Å²) >= 11 is 0. The molecule has 0 aromatic heterocycles. The van der Waals surface area contributed by atoms with Crippen LogP contribution >= 0.6 is 0 Å². The molecule has 0 bridgehead atoms. The Hall–Kier alpha value is -2.41. The van der Waals surface area contributed by atoms with E-state index in [2.05, 4.69) is 10.5 Å². The molecule has 0 radical (unpaired) electrons. The third-order valence-electron chi connectivity index (χ3n) is 2.55. The molecule has 0 aliphatic heterocycles. The summed E-state index contributed by atoms with van der Waals surface area (Å²) in [7, 11) is 0. The Morgan fingerprint density at radius 3 is 2.65 bits per heavy atom. The number of primary amides is 1. The number of amides is 2. The minimum atomic E-state index is -0.364. The standard InChI is InChI=1S/C13H18N4O3/c14-12(18)7-3-4-8-13(19)16-15-9-10-5-1-2-6-11(10)17-20/h1-2,5-6,9,17,20H,3-4,7-8H2,(H2,14,18)(H,16,19)/b15-9+. The maximum Gasteiger partial charge on any atom is 0.240 e. The number of anilines is 1. The van der Waals surface area contributed by atoms with Crippen molar-refractivity contribution >= 4 is 23.7 Å². The average molecular weight is 278 g/mol. The molecular formula is C13H18N4O3. The monoisotopic (exact) mass is 278 g/mol. The first kappa shape index (κ1) is 15.6. The van der Waals surface area contributed by atoms with Crippen LogP contribution < -0.4 is 16.6 Å². The molecule has 20 heavy (non-hydrogen) atoms. The highest BCUT2D eigenvalue weighted by molar-refractivity contribution is 5.88. The zero-order valence-electron chi connectivity index (χ0n) is 11.0. The van der Waals surface area contributed by atoms with E-state index < -0.39 is 0 Å². The van der Waals surface area contributed by atoms with Crippen molar-refractivity contribution in [3.63, 3.8) is 0 Å². The van der Waals surface area contributed by atoms with Gasteiger partial charge in [0.2, 0.25) is 11.8 Å². The maximum absolute atomic E-state index is 11.4. The van der Waals surface area contributed by atoms with Crippen LogP contribution in [0.2, 0.25) is 0 Å². The van der Waals surface area contributed by atoms with Crippen LogP contribution in [0.15, 0.2) is 29.4 Å². The fraction of sp³-hybridized carbons (Fsp3) is 0.308. The number of nitrogens with two attached hydrogens (primary N) is 1. The van der Waals surface area contributed by atoms with Crippen molar-refractivity contribution in [1.82, 2.24) is 5.43 Å². The van der Waals surface area contributed by atoms with Crippen LogP contribution in [0.4, 0.5) is 5.69 Å². The van der Waals surface area contributed by atoms with Crippen molar-refractivity contribution in [3.05, 3.63) is 29.8 Å². The maximum atomic E-state index is 11.4. The molecule has 0 fully saturated rings. The summed E-state index contributed by atoms with van der Waals surface area (Å²) in [6.07, 6.45) is 3.17. The molecular weight excluding hydrogens is 260 g/mol. The van der Waals surface area contributed by atoms with Crippen molar-refractivity contribution in [2.75, 3.05) is 5.48 Å². The lowest BCUT2D eigenvalue weighted by molar-refractivity contribution is -0.122. The summed E-state index contributed by atoms with van der Waals surface area (Å²) in [4.78, 5) is 21.9. The van der Waals surface area contributed by atoms with E-state index in [0.29, 0.717) is 24.1 Å².